The van der Waals surface area contributed by atoms with E-state index in [0.717, 1.165) is 26.9 Å². The van der Waals surface area contributed by atoms with Crippen LogP contribution in [0.15, 0.2) is 18.2 Å². The van der Waals surface area contributed by atoms with Crippen LogP contribution < -0.4 is 0 Å². The van der Waals surface area contributed by atoms with Crippen LogP contribution in [0, 0.1) is 26.6 Å². The van der Waals surface area contributed by atoms with Gasteiger partial charge < -0.3 is 0 Å². The highest BCUT2D eigenvalue weighted by molar-refractivity contribution is 7.18. The molecule has 2 aromatic heterocycles. The lowest BCUT2D eigenvalue weighted by Crippen LogP contribution is -1.93. The molecular weight excluding hydrogens is 295 g/mol. The van der Waals surface area contributed by atoms with Crippen molar-refractivity contribution < 1.29 is 4.39 Å². The number of thiophene rings is 1. The van der Waals surface area contributed by atoms with Gasteiger partial charge in [-0.1, -0.05) is 11.6 Å². The summed E-state index contributed by atoms with van der Waals surface area (Å²) >= 11 is 7.90. The van der Waals surface area contributed by atoms with E-state index in [1.807, 2.05) is 20.8 Å². The van der Waals surface area contributed by atoms with E-state index >= 15 is 0 Å². The SMILES string of the molecule is Cc1cc(F)ccc1-c1nc(Cl)c2c(C)c(C)sc2n1. The fourth-order valence-corrected chi connectivity index (χ4v) is 3.60. The highest BCUT2D eigenvalue weighted by Gasteiger charge is 2.15. The van der Waals surface area contributed by atoms with Crippen molar-refractivity contribution in [3.8, 4) is 11.4 Å². The van der Waals surface area contributed by atoms with Crippen molar-refractivity contribution >= 4 is 33.2 Å². The van der Waals surface area contributed by atoms with E-state index in [1.54, 1.807) is 17.4 Å². The summed E-state index contributed by atoms with van der Waals surface area (Å²) in [6.45, 7) is 5.90. The van der Waals surface area contributed by atoms with Crippen molar-refractivity contribution in [1.29, 1.82) is 0 Å². The topological polar surface area (TPSA) is 25.8 Å². The number of aromatic nitrogens is 2. The van der Waals surface area contributed by atoms with Gasteiger partial charge in [0.1, 0.15) is 15.8 Å². The largest absolute Gasteiger partial charge is 0.217 e. The molecule has 0 unspecified atom stereocenters. The third-order valence-corrected chi connectivity index (χ3v) is 4.79. The van der Waals surface area contributed by atoms with Gasteiger partial charge in [-0.2, -0.15) is 0 Å². The first-order valence-corrected chi connectivity index (χ1v) is 7.36. The number of benzene rings is 1. The Balaban J connectivity index is 2.27. The Hall–Kier alpha value is -1.52. The summed E-state index contributed by atoms with van der Waals surface area (Å²) in [5, 5.41) is 1.37. The Morgan fingerprint density at radius 2 is 1.90 bits per heavy atom. The van der Waals surface area contributed by atoms with Crippen molar-refractivity contribution in [1.82, 2.24) is 9.97 Å². The monoisotopic (exact) mass is 306 g/mol. The zero-order valence-corrected chi connectivity index (χ0v) is 12.9. The average Bonchev–Trinajstić information content (AvgIpc) is 2.65. The molecular formula is C15H12ClFN2S. The van der Waals surface area contributed by atoms with Gasteiger partial charge in [0.2, 0.25) is 0 Å². The average molecular weight is 307 g/mol. The quantitative estimate of drug-likeness (QED) is 0.586. The fraction of sp³-hybridized carbons (Fsp3) is 0.200. The maximum absolute atomic E-state index is 13.2. The van der Waals surface area contributed by atoms with Crippen molar-refractivity contribution in [2.45, 2.75) is 20.8 Å². The number of hydrogen-bond acceptors (Lipinski definition) is 3. The van der Waals surface area contributed by atoms with E-state index in [4.69, 9.17) is 11.6 Å². The second-order valence-corrected chi connectivity index (χ2v) is 6.32. The zero-order valence-electron chi connectivity index (χ0n) is 11.3. The van der Waals surface area contributed by atoms with Gasteiger partial charge in [0.25, 0.3) is 0 Å². The molecule has 1 aromatic carbocycles. The first-order chi connectivity index (χ1) is 9.47. The molecule has 0 saturated carbocycles. The third kappa shape index (κ3) is 2.09. The van der Waals surface area contributed by atoms with Crippen LogP contribution in [0.25, 0.3) is 21.6 Å². The van der Waals surface area contributed by atoms with Crippen molar-refractivity contribution in [2.75, 3.05) is 0 Å². The molecule has 0 radical (unpaired) electrons. The Bertz CT molecular complexity index is 826. The van der Waals surface area contributed by atoms with Crippen LogP contribution in [-0.4, -0.2) is 9.97 Å². The zero-order chi connectivity index (χ0) is 14.4. The molecule has 102 valence electrons. The van der Waals surface area contributed by atoms with E-state index in [0.29, 0.717) is 11.0 Å². The van der Waals surface area contributed by atoms with Gasteiger partial charge in [-0.3, -0.25) is 0 Å². The lowest BCUT2D eigenvalue weighted by atomic mass is 10.1. The molecule has 3 aromatic rings. The number of hydrogen-bond donors (Lipinski definition) is 0. The first kappa shape index (κ1) is 13.5. The summed E-state index contributed by atoms with van der Waals surface area (Å²) in [7, 11) is 0. The van der Waals surface area contributed by atoms with Crippen LogP contribution in [0.4, 0.5) is 4.39 Å². The minimum absolute atomic E-state index is 0.263. The molecule has 0 saturated heterocycles. The highest BCUT2D eigenvalue weighted by Crippen LogP contribution is 2.35. The molecule has 0 spiro atoms. The molecule has 2 heterocycles. The molecule has 0 aliphatic carbocycles. The van der Waals surface area contributed by atoms with Gasteiger partial charge in [0.05, 0.1) is 5.39 Å². The number of aryl methyl sites for hydroxylation is 3. The normalized spacial score (nSPS) is 11.2. The Kier molecular flexibility index (Phi) is 3.22. The van der Waals surface area contributed by atoms with Crippen molar-refractivity contribution in [3.63, 3.8) is 0 Å². The molecule has 2 nitrogen and oxygen atoms in total. The van der Waals surface area contributed by atoms with Crippen molar-refractivity contribution in [2.24, 2.45) is 0 Å². The molecule has 0 bridgehead atoms. The minimum atomic E-state index is -0.263. The summed E-state index contributed by atoms with van der Waals surface area (Å²) in [4.78, 5) is 11.0. The lowest BCUT2D eigenvalue weighted by molar-refractivity contribution is 0.627. The van der Waals surface area contributed by atoms with Gasteiger partial charge in [-0.15, -0.1) is 11.3 Å². The van der Waals surface area contributed by atoms with Crippen LogP contribution in [0.5, 0.6) is 0 Å². The van der Waals surface area contributed by atoms with Crippen LogP contribution in [0.3, 0.4) is 0 Å². The van der Waals surface area contributed by atoms with E-state index in [9.17, 15) is 4.39 Å². The Morgan fingerprint density at radius 1 is 1.15 bits per heavy atom. The number of rotatable bonds is 1. The van der Waals surface area contributed by atoms with Gasteiger partial charge >= 0.3 is 0 Å². The van der Waals surface area contributed by atoms with Gasteiger partial charge in [0, 0.05) is 10.4 Å². The summed E-state index contributed by atoms with van der Waals surface area (Å²) in [6, 6.07) is 4.58. The standard InChI is InChI=1S/C15H12ClFN2S/c1-7-6-10(17)4-5-11(7)14-18-13(16)12-8(2)9(3)20-15(12)19-14/h4-6H,1-3H3. The maximum atomic E-state index is 13.2. The predicted molar refractivity (Wildman–Crippen MR) is 82.0 cm³/mol. The molecule has 0 amide bonds. The van der Waals surface area contributed by atoms with Crippen LogP contribution in [0.2, 0.25) is 5.15 Å². The molecule has 5 heteroatoms. The first-order valence-electron chi connectivity index (χ1n) is 6.17. The predicted octanol–water partition coefficient (Wildman–Crippen LogP) is 5.08. The maximum Gasteiger partial charge on any atom is 0.162 e. The van der Waals surface area contributed by atoms with Gasteiger partial charge in [-0.05, 0) is 50.1 Å². The molecule has 0 aliphatic heterocycles. The molecule has 3 rings (SSSR count). The van der Waals surface area contributed by atoms with Gasteiger partial charge in [0.15, 0.2) is 5.82 Å². The fourth-order valence-electron chi connectivity index (χ4n) is 2.20. The summed E-state index contributed by atoms with van der Waals surface area (Å²) < 4.78 is 13.2. The van der Waals surface area contributed by atoms with E-state index in [1.165, 1.54) is 17.0 Å². The molecule has 0 fully saturated rings. The van der Waals surface area contributed by atoms with E-state index < -0.39 is 0 Å². The van der Waals surface area contributed by atoms with Gasteiger partial charge in [-0.25, -0.2) is 14.4 Å². The second kappa shape index (κ2) is 4.79. The highest BCUT2D eigenvalue weighted by atomic mass is 35.5. The number of nitrogens with zero attached hydrogens (tertiary/aromatic N) is 2. The van der Waals surface area contributed by atoms with Crippen LogP contribution in [-0.2, 0) is 0 Å². The molecule has 0 N–H and O–H groups in total. The lowest BCUT2D eigenvalue weighted by Gasteiger charge is -2.05. The third-order valence-electron chi connectivity index (χ3n) is 3.41. The van der Waals surface area contributed by atoms with Crippen LogP contribution in [0.1, 0.15) is 16.0 Å². The molecule has 0 atom stereocenters. The second-order valence-electron chi connectivity index (χ2n) is 4.76. The van der Waals surface area contributed by atoms with E-state index in [-0.39, 0.29) is 5.82 Å². The summed E-state index contributed by atoms with van der Waals surface area (Å²) in [6.07, 6.45) is 0. The summed E-state index contributed by atoms with van der Waals surface area (Å²) in [5.41, 5.74) is 2.72. The van der Waals surface area contributed by atoms with Crippen LogP contribution >= 0.6 is 22.9 Å². The van der Waals surface area contributed by atoms with Crippen molar-refractivity contribution in [3.05, 3.63) is 45.2 Å². The Morgan fingerprint density at radius 3 is 2.60 bits per heavy atom. The smallest absolute Gasteiger partial charge is 0.162 e. The number of fused-ring (bicyclic) bond motifs is 1. The minimum Gasteiger partial charge on any atom is -0.217 e. The van der Waals surface area contributed by atoms with E-state index in [2.05, 4.69) is 9.97 Å². The molecule has 20 heavy (non-hydrogen) atoms. The summed E-state index contributed by atoms with van der Waals surface area (Å²) in [5.74, 6) is 0.280. The Labute approximate surface area is 125 Å². The number of halogens is 2. The molecule has 0 aliphatic rings.